The maximum absolute atomic E-state index is 12.4. The second kappa shape index (κ2) is 8.36. The van der Waals surface area contributed by atoms with Gasteiger partial charge in [0.15, 0.2) is 11.5 Å². The monoisotopic (exact) mass is 359 g/mol. The Kier molecular flexibility index (Phi) is 6.20. The summed E-state index contributed by atoms with van der Waals surface area (Å²) in [5, 5.41) is 14.5. The van der Waals surface area contributed by atoms with Crippen molar-refractivity contribution < 1.29 is 14.3 Å². The van der Waals surface area contributed by atoms with E-state index in [4.69, 9.17) is 26.3 Å². The number of benzene rings is 1. The van der Waals surface area contributed by atoms with Crippen LogP contribution in [0.25, 0.3) is 6.08 Å². The third kappa shape index (κ3) is 4.20. The van der Waals surface area contributed by atoms with Gasteiger partial charge >= 0.3 is 0 Å². The van der Waals surface area contributed by atoms with Gasteiger partial charge in [-0.2, -0.15) is 10.4 Å². The molecule has 1 aromatic carbocycles. The van der Waals surface area contributed by atoms with Crippen molar-refractivity contribution in [1.82, 2.24) is 5.01 Å². The van der Waals surface area contributed by atoms with Crippen LogP contribution in [0.1, 0.15) is 18.9 Å². The minimum absolute atomic E-state index is 0.227. The van der Waals surface area contributed by atoms with Gasteiger partial charge in [0.25, 0.3) is 5.91 Å². The normalized spacial score (nSPS) is 15.1. The summed E-state index contributed by atoms with van der Waals surface area (Å²) in [5.41, 5.74) is 1.73. The fraction of sp³-hybridized carbons (Fsp3) is 0.278. The van der Waals surface area contributed by atoms with E-state index in [1.807, 2.05) is 6.07 Å². The summed E-state index contributed by atoms with van der Waals surface area (Å²) in [6.45, 7) is 5.91. The molecule has 1 aliphatic rings. The minimum atomic E-state index is -0.241. The smallest absolute Gasteiger partial charge is 0.275 e. The van der Waals surface area contributed by atoms with Crippen molar-refractivity contribution in [3.05, 3.63) is 40.9 Å². The SMILES string of the molecule is C=CCOc1c(Cl)cc(C=C2C(=O)N(CCC#N)N=C2C)cc1OC. The molecule has 130 valence electrons. The zero-order valence-corrected chi connectivity index (χ0v) is 14.8. The van der Waals surface area contributed by atoms with Gasteiger partial charge in [-0.25, -0.2) is 5.01 Å². The first kappa shape index (κ1) is 18.6. The van der Waals surface area contributed by atoms with Crippen molar-refractivity contribution >= 4 is 29.3 Å². The average Bonchev–Trinajstić information content (AvgIpc) is 2.86. The Morgan fingerprint density at radius 2 is 2.24 bits per heavy atom. The first-order chi connectivity index (χ1) is 12.0. The van der Waals surface area contributed by atoms with Gasteiger partial charge in [-0.3, -0.25) is 4.79 Å². The van der Waals surface area contributed by atoms with Crippen LogP contribution in [0.5, 0.6) is 11.5 Å². The highest BCUT2D eigenvalue weighted by Gasteiger charge is 2.27. The molecule has 6 nitrogen and oxygen atoms in total. The molecule has 0 spiro atoms. The third-order valence-corrected chi connectivity index (χ3v) is 3.75. The summed E-state index contributed by atoms with van der Waals surface area (Å²) in [5.74, 6) is 0.641. The number of amides is 1. The lowest BCUT2D eigenvalue weighted by molar-refractivity contribution is -0.125. The predicted molar refractivity (Wildman–Crippen MR) is 96.7 cm³/mol. The molecule has 0 N–H and O–H groups in total. The highest BCUT2D eigenvalue weighted by molar-refractivity contribution is 6.32. The molecule has 0 saturated heterocycles. The lowest BCUT2D eigenvalue weighted by Gasteiger charge is -2.12. The van der Waals surface area contributed by atoms with Gasteiger partial charge in [0, 0.05) is 0 Å². The van der Waals surface area contributed by atoms with E-state index in [0.29, 0.717) is 40.0 Å². The molecular formula is C18H18ClN3O3. The van der Waals surface area contributed by atoms with E-state index >= 15 is 0 Å². The minimum Gasteiger partial charge on any atom is -0.493 e. The first-order valence-electron chi connectivity index (χ1n) is 7.59. The van der Waals surface area contributed by atoms with E-state index in [0.717, 1.165) is 0 Å². The molecule has 0 aromatic heterocycles. The van der Waals surface area contributed by atoms with Gasteiger partial charge < -0.3 is 9.47 Å². The molecule has 25 heavy (non-hydrogen) atoms. The number of carbonyl (C=O) groups excluding carboxylic acids is 1. The van der Waals surface area contributed by atoms with Crippen molar-refractivity contribution in [3.8, 4) is 17.6 Å². The van der Waals surface area contributed by atoms with Crippen molar-refractivity contribution in [1.29, 1.82) is 5.26 Å². The molecule has 1 aromatic rings. The second-order valence-electron chi connectivity index (χ2n) is 5.21. The maximum atomic E-state index is 12.4. The van der Waals surface area contributed by atoms with E-state index in [-0.39, 0.29) is 18.9 Å². The van der Waals surface area contributed by atoms with Crippen LogP contribution >= 0.6 is 11.6 Å². The van der Waals surface area contributed by atoms with Crippen LogP contribution in [-0.4, -0.2) is 36.9 Å². The molecule has 2 rings (SSSR count). The lowest BCUT2D eigenvalue weighted by Crippen LogP contribution is -2.22. The summed E-state index contributed by atoms with van der Waals surface area (Å²) < 4.78 is 10.8. The molecular weight excluding hydrogens is 342 g/mol. The van der Waals surface area contributed by atoms with Gasteiger partial charge in [0.2, 0.25) is 0 Å². The second-order valence-corrected chi connectivity index (χ2v) is 5.62. The number of nitriles is 1. The summed E-state index contributed by atoms with van der Waals surface area (Å²) in [6, 6.07) is 5.42. The Morgan fingerprint density at radius 3 is 2.88 bits per heavy atom. The Bertz CT molecular complexity index is 793. The van der Waals surface area contributed by atoms with Crippen LogP contribution in [0.2, 0.25) is 5.02 Å². The van der Waals surface area contributed by atoms with Crippen LogP contribution in [0.4, 0.5) is 0 Å². The largest absolute Gasteiger partial charge is 0.493 e. The molecule has 0 radical (unpaired) electrons. The zero-order valence-electron chi connectivity index (χ0n) is 14.1. The molecule has 1 aliphatic heterocycles. The summed E-state index contributed by atoms with van der Waals surface area (Å²) in [4.78, 5) is 12.4. The molecule has 1 amide bonds. The topological polar surface area (TPSA) is 74.9 Å². The van der Waals surface area contributed by atoms with Crippen LogP contribution in [0, 0.1) is 11.3 Å². The fourth-order valence-electron chi connectivity index (χ4n) is 2.32. The Balaban J connectivity index is 2.33. The number of carbonyl (C=O) groups is 1. The highest BCUT2D eigenvalue weighted by atomic mass is 35.5. The standard InChI is InChI=1S/C18H18ClN3O3/c1-4-8-25-17-15(19)10-13(11-16(17)24-3)9-14-12(2)21-22(18(14)23)7-5-6-20/h4,9-11H,1,5,7-8H2,2-3H3. The molecule has 0 unspecified atom stereocenters. The van der Waals surface area contributed by atoms with E-state index in [2.05, 4.69) is 11.7 Å². The molecule has 0 saturated carbocycles. The number of halogens is 1. The number of nitrogens with zero attached hydrogens (tertiary/aromatic N) is 3. The van der Waals surface area contributed by atoms with Gasteiger partial charge in [0.1, 0.15) is 6.61 Å². The molecule has 0 bridgehead atoms. The summed E-state index contributed by atoms with van der Waals surface area (Å²) in [6.07, 6.45) is 3.53. The number of ether oxygens (including phenoxy) is 2. The third-order valence-electron chi connectivity index (χ3n) is 3.47. The quantitative estimate of drug-likeness (QED) is 0.552. The summed E-state index contributed by atoms with van der Waals surface area (Å²) in [7, 11) is 1.51. The zero-order chi connectivity index (χ0) is 18.4. The predicted octanol–water partition coefficient (Wildman–Crippen LogP) is 3.43. The van der Waals surface area contributed by atoms with Crippen molar-refractivity contribution in [2.75, 3.05) is 20.3 Å². The summed E-state index contributed by atoms with van der Waals surface area (Å²) >= 11 is 6.27. The lowest BCUT2D eigenvalue weighted by atomic mass is 10.1. The van der Waals surface area contributed by atoms with Crippen LogP contribution < -0.4 is 9.47 Å². The van der Waals surface area contributed by atoms with Gasteiger partial charge in [-0.05, 0) is 30.7 Å². The Hall–Kier alpha value is -2.78. The maximum Gasteiger partial charge on any atom is 0.275 e. The number of hydrazone groups is 1. The molecule has 0 fully saturated rings. The van der Waals surface area contributed by atoms with Gasteiger partial charge in [-0.1, -0.05) is 24.3 Å². The first-order valence-corrected chi connectivity index (χ1v) is 7.97. The number of methoxy groups -OCH3 is 1. The van der Waals surface area contributed by atoms with Crippen molar-refractivity contribution in [2.24, 2.45) is 5.10 Å². The number of rotatable bonds is 7. The number of hydrogen-bond donors (Lipinski definition) is 0. The van der Waals surface area contributed by atoms with Crippen LogP contribution in [0.15, 0.2) is 35.5 Å². The van der Waals surface area contributed by atoms with E-state index in [1.54, 1.807) is 31.2 Å². The fourth-order valence-corrected chi connectivity index (χ4v) is 2.59. The van der Waals surface area contributed by atoms with Gasteiger partial charge in [-0.15, -0.1) is 0 Å². The van der Waals surface area contributed by atoms with E-state index < -0.39 is 0 Å². The molecule has 7 heteroatoms. The Morgan fingerprint density at radius 1 is 1.48 bits per heavy atom. The molecule has 0 atom stereocenters. The van der Waals surface area contributed by atoms with E-state index in [9.17, 15) is 4.79 Å². The molecule has 1 heterocycles. The molecule has 0 aliphatic carbocycles. The Labute approximate surface area is 151 Å². The number of hydrogen-bond acceptors (Lipinski definition) is 5. The average molecular weight is 360 g/mol. The van der Waals surface area contributed by atoms with E-state index in [1.165, 1.54) is 12.1 Å². The highest BCUT2D eigenvalue weighted by Crippen LogP contribution is 2.37. The van der Waals surface area contributed by atoms with Gasteiger partial charge in [0.05, 0.1) is 42.5 Å². The van der Waals surface area contributed by atoms with Crippen LogP contribution in [-0.2, 0) is 4.79 Å². The van der Waals surface area contributed by atoms with Crippen molar-refractivity contribution in [3.63, 3.8) is 0 Å². The van der Waals surface area contributed by atoms with Crippen molar-refractivity contribution in [2.45, 2.75) is 13.3 Å². The van der Waals surface area contributed by atoms with Crippen LogP contribution in [0.3, 0.4) is 0 Å².